The average molecular weight is 342 g/mol. The van der Waals surface area contributed by atoms with Crippen LogP contribution in [0.5, 0.6) is 5.75 Å². The van der Waals surface area contributed by atoms with E-state index in [4.69, 9.17) is 4.74 Å². The van der Waals surface area contributed by atoms with E-state index in [2.05, 4.69) is 0 Å². The number of ketones is 1. The summed E-state index contributed by atoms with van der Waals surface area (Å²) in [6, 6.07) is 23.7. The zero-order chi connectivity index (χ0) is 18.4. The van der Waals surface area contributed by atoms with Crippen LogP contribution in [-0.2, 0) is 6.61 Å². The molecule has 3 aromatic rings. The summed E-state index contributed by atoms with van der Waals surface area (Å²) in [5.74, 6) is 0.832. The number of hydrogen-bond donors (Lipinski definition) is 0. The Balaban J connectivity index is 1.61. The Labute approximate surface area is 154 Å². The van der Waals surface area contributed by atoms with Gasteiger partial charge in [-0.2, -0.15) is 0 Å². The van der Waals surface area contributed by atoms with E-state index in [-0.39, 0.29) is 5.78 Å². The van der Waals surface area contributed by atoms with Gasteiger partial charge in [-0.1, -0.05) is 72.3 Å². The zero-order valence-electron chi connectivity index (χ0n) is 15.1. The maximum atomic E-state index is 12.4. The Bertz CT molecular complexity index is 907. The summed E-state index contributed by atoms with van der Waals surface area (Å²) in [6.45, 7) is 4.53. The molecule has 0 amide bonds. The average Bonchev–Trinajstić information content (AvgIpc) is 2.66. The molecule has 0 atom stereocenters. The van der Waals surface area contributed by atoms with Crippen molar-refractivity contribution in [1.82, 2.24) is 0 Å². The molecule has 0 saturated heterocycles. The monoisotopic (exact) mass is 342 g/mol. The van der Waals surface area contributed by atoms with Gasteiger partial charge < -0.3 is 4.74 Å². The summed E-state index contributed by atoms with van der Waals surface area (Å²) >= 11 is 0. The maximum absolute atomic E-state index is 12.4. The molecule has 0 aliphatic carbocycles. The molecule has 0 aliphatic heterocycles. The maximum Gasteiger partial charge on any atom is 0.186 e. The normalized spacial score (nSPS) is 10.8. The van der Waals surface area contributed by atoms with Crippen molar-refractivity contribution in [2.24, 2.45) is 0 Å². The molecule has 0 saturated carbocycles. The Morgan fingerprint density at radius 3 is 2.35 bits per heavy atom. The Hall–Kier alpha value is -3.13. The van der Waals surface area contributed by atoms with Crippen molar-refractivity contribution in [3.63, 3.8) is 0 Å². The molecule has 0 aliphatic rings. The van der Waals surface area contributed by atoms with Gasteiger partial charge in [-0.3, -0.25) is 4.79 Å². The minimum Gasteiger partial charge on any atom is -0.489 e. The largest absolute Gasteiger partial charge is 0.489 e. The first kappa shape index (κ1) is 17.7. The molecule has 130 valence electrons. The van der Waals surface area contributed by atoms with Crippen LogP contribution in [-0.4, -0.2) is 5.78 Å². The van der Waals surface area contributed by atoms with Crippen LogP contribution in [0.25, 0.3) is 6.08 Å². The van der Waals surface area contributed by atoms with Crippen LogP contribution in [0.2, 0.25) is 0 Å². The third-order valence-corrected chi connectivity index (χ3v) is 4.20. The Morgan fingerprint density at radius 1 is 0.923 bits per heavy atom. The third kappa shape index (κ3) is 4.70. The molecule has 0 unspecified atom stereocenters. The second-order valence-corrected chi connectivity index (χ2v) is 6.36. The quantitative estimate of drug-likeness (QED) is 0.419. The molecule has 0 radical (unpaired) electrons. The molecule has 0 bridgehead atoms. The highest BCUT2D eigenvalue weighted by atomic mass is 16.5. The number of carbonyl (C=O) groups excluding carboxylic acids is 1. The molecule has 2 nitrogen and oxygen atoms in total. The number of rotatable bonds is 6. The lowest BCUT2D eigenvalue weighted by Gasteiger charge is -2.06. The lowest BCUT2D eigenvalue weighted by Crippen LogP contribution is -1.98. The van der Waals surface area contributed by atoms with Gasteiger partial charge in [0.25, 0.3) is 0 Å². The highest BCUT2D eigenvalue weighted by Crippen LogP contribution is 2.16. The van der Waals surface area contributed by atoms with Crippen molar-refractivity contribution in [3.05, 3.63) is 107 Å². The van der Waals surface area contributed by atoms with Crippen molar-refractivity contribution >= 4 is 11.9 Å². The molecule has 3 rings (SSSR count). The first-order valence-corrected chi connectivity index (χ1v) is 8.68. The van der Waals surface area contributed by atoms with E-state index in [1.165, 1.54) is 0 Å². The number of aryl methyl sites for hydroxylation is 2. The van der Waals surface area contributed by atoms with Crippen molar-refractivity contribution in [3.8, 4) is 5.75 Å². The van der Waals surface area contributed by atoms with Crippen LogP contribution in [0.15, 0.2) is 78.9 Å². The van der Waals surface area contributed by atoms with E-state index in [0.29, 0.717) is 6.61 Å². The highest BCUT2D eigenvalue weighted by molar-refractivity contribution is 6.07. The van der Waals surface area contributed by atoms with Gasteiger partial charge >= 0.3 is 0 Å². The fraction of sp³-hybridized carbons (Fsp3) is 0.125. The second kappa shape index (κ2) is 8.30. The van der Waals surface area contributed by atoms with Crippen LogP contribution in [0.4, 0.5) is 0 Å². The molecular weight excluding hydrogens is 320 g/mol. The van der Waals surface area contributed by atoms with Crippen LogP contribution in [0.1, 0.15) is 32.6 Å². The summed E-state index contributed by atoms with van der Waals surface area (Å²) in [6.07, 6.45) is 3.46. The van der Waals surface area contributed by atoms with Gasteiger partial charge in [0.15, 0.2) is 5.78 Å². The molecule has 0 N–H and O–H groups in total. The number of hydrogen-bond acceptors (Lipinski definition) is 2. The minimum atomic E-state index is 0.0203. The number of allylic oxidation sites excluding steroid dienone is 1. The summed E-state index contributed by atoms with van der Waals surface area (Å²) in [5.41, 5.74) is 5.01. The number of ether oxygens (including phenoxy) is 1. The van der Waals surface area contributed by atoms with Crippen molar-refractivity contribution in [1.29, 1.82) is 0 Å². The second-order valence-electron chi connectivity index (χ2n) is 6.36. The molecule has 3 aromatic carbocycles. The van der Waals surface area contributed by atoms with E-state index in [1.54, 1.807) is 6.08 Å². The first-order valence-electron chi connectivity index (χ1n) is 8.68. The van der Waals surface area contributed by atoms with E-state index < -0.39 is 0 Å². The van der Waals surface area contributed by atoms with Crippen LogP contribution < -0.4 is 4.74 Å². The fourth-order valence-electron chi connectivity index (χ4n) is 2.77. The molecule has 0 spiro atoms. The highest BCUT2D eigenvalue weighted by Gasteiger charge is 2.05. The topological polar surface area (TPSA) is 26.3 Å². The van der Waals surface area contributed by atoms with E-state index in [1.807, 2.05) is 92.7 Å². The van der Waals surface area contributed by atoms with Gasteiger partial charge in [0.05, 0.1) is 0 Å². The molecular formula is C24H22O2. The molecule has 2 heteroatoms. The number of benzene rings is 3. The van der Waals surface area contributed by atoms with Gasteiger partial charge in [-0.05, 0) is 48.7 Å². The van der Waals surface area contributed by atoms with Gasteiger partial charge in [0, 0.05) is 5.56 Å². The van der Waals surface area contributed by atoms with E-state index >= 15 is 0 Å². The van der Waals surface area contributed by atoms with Gasteiger partial charge in [-0.25, -0.2) is 0 Å². The van der Waals surface area contributed by atoms with E-state index in [0.717, 1.165) is 33.6 Å². The molecule has 0 aromatic heterocycles. The predicted octanol–water partition coefficient (Wildman–Crippen LogP) is 5.78. The predicted molar refractivity (Wildman–Crippen MR) is 106 cm³/mol. The fourth-order valence-corrected chi connectivity index (χ4v) is 2.77. The summed E-state index contributed by atoms with van der Waals surface area (Å²) in [7, 11) is 0. The van der Waals surface area contributed by atoms with Crippen molar-refractivity contribution in [2.75, 3.05) is 0 Å². The smallest absolute Gasteiger partial charge is 0.186 e. The van der Waals surface area contributed by atoms with Crippen molar-refractivity contribution in [2.45, 2.75) is 20.5 Å². The van der Waals surface area contributed by atoms with Crippen LogP contribution in [0.3, 0.4) is 0 Å². The van der Waals surface area contributed by atoms with Gasteiger partial charge in [0.1, 0.15) is 12.4 Å². The zero-order valence-corrected chi connectivity index (χ0v) is 15.1. The summed E-state index contributed by atoms with van der Waals surface area (Å²) in [5, 5.41) is 0. The first-order chi connectivity index (χ1) is 12.6. The van der Waals surface area contributed by atoms with Crippen LogP contribution in [0, 0.1) is 13.8 Å². The van der Waals surface area contributed by atoms with Crippen LogP contribution >= 0.6 is 0 Å². The Morgan fingerprint density at radius 2 is 1.65 bits per heavy atom. The standard InChI is InChI=1S/C24H22O2/c1-18-8-14-23(19(2)16-18)24(25)15-11-20-9-12-22(13-10-20)26-17-21-6-4-3-5-7-21/h3-16H,17H2,1-2H3/b15-11+. The van der Waals surface area contributed by atoms with Gasteiger partial charge in [-0.15, -0.1) is 0 Å². The van der Waals surface area contributed by atoms with Crippen molar-refractivity contribution < 1.29 is 9.53 Å². The lowest BCUT2D eigenvalue weighted by molar-refractivity contribution is 0.104. The molecule has 0 fully saturated rings. The Kier molecular flexibility index (Phi) is 5.65. The van der Waals surface area contributed by atoms with E-state index in [9.17, 15) is 4.79 Å². The third-order valence-electron chi connectivity index (χ3n) is 4.20. The summed E-state index contributed by atoms with van der Waals surface area (Å²) in [4.78, 5) is 12.4. The molecule has 26 heavy (non-hydrogen) atoms. The minimum absolute atomic E-state index is 0.0203. The van der Waals surface area contributed by atoms with Gasteiger partial charge in [0.2, 0.25) is 0 Å². The SMILES string of the molecule is Cc1ccc(C(=O)/C=C/c2ccc(OCc3ccccc3)cc2)c(C)c1. The number of carbonyl (C=O) groups is 1. The lowest BCUT2D eigenvalue weighted by atomic mass is 10.0. The molecule has 0 heterocycles. The summed E-state index contributed by atoms with van der Waals surface area (Å²) < 4.78 is 5.78.